The molecule has 3 N–H and O–H groups in total. The predicted octanol–water partition coefficient (Wildman–Crippen LogP) is 3.55. The SMILES string of the molecule is Cc1oc(C(C)(C)C)cc1C(=O)Nc1ccc(O)c(O)c1. The van der Waals surface area contributed by atoms with E-state index in [2.05, 4.69) is 5.32 Å². The highest BCUT2D eigenvalue weighted by atomic mass is 16.3. The minimum atomic E-state index is -0.322. The van der Waals surface area contributed by atoms with E-state index in [1.165, 1.54) is 18.2 Å². The van der Waals surface area contributed by atoms with Gasteiger partial charge in [0.25, 0.3) is 5.91 Å². The molecule has 1 aromatic heterocycles. The number of rotatable bonds is 2. The molecule has 21 heavy (non-hydrogen) atoms. The second-order valence-corrected chi connectivity index (χ2v) is 5.99. The lowest BCUT2D eigenvalue weighted by molar-refractivity contribution is 0.102. The van der Waals surface area contributed by atoms with Gasteiger partial charge in [0.2, 0.25) is 0 Å². The Kier molecular flexibility index (Phi) is 3.68. The lowest BCUT2D eigenvalue weighted by atomic mass is 9.93. The van der Waals surface area contributed by atoms with E-state index in [4.69, 9.17) is 4.42 Å². The van der Waals surface area contributed by atoms with E-state index < -0.39 is 0 Å². The average molecular weight is 289 g/mol. The molecule has 5 heteroatoms. The summed E-state index contributed by atoms with van der Waals surface area (Å²) in [5, 5.41) is 21.3. The summed E-state index contributed by atoms with van der Waals surface area (Å²) in [7, 11) is 0. The minimum Gasteiger partial charge on any atom is -0.504 e. The fraction of sp³-hybridized carbons (Fsp3) is 0.312. The number of amides is 1. The topological polar surface area (TPSA) is 82.7 Å². The molecule has 0 bridgehead atoms. The molecule has 1 aromatic carbocycles. The van der Waals surface area contributed by atoms with Crippen LogP contribution in [0.4, 0.5) is 5.69 Å². The molecule has 0 saturated heterocycles. The number of phenolic OH excluding ortho intramolecular Hbond substituents is 2. The van der Waals surface area contributed by atoms with E-state index in [0.717, 1.165) is 5.76 Å². The summed E-state index contributed by atoms with van der Waals surface area (Å²) < 4.78 is 5.63. The summed E-state index contributed by atoms with van der Waals surface area (Å²) in [4.78, 5) is 12.3. The lowest BCUT2D eigenvalue weighted by Gasteiger charge is -2.13. The fourth-order valence-corrected chi connectivity index (χ4v) is 1.88. The summed E-state index contributed by atoms with van der Waals surface area (Å²) in [5.41, 5.74) is 0.667. The van der Waals surface area contributed by atoms with Crippen LogP contribution in [0.5, 0.6) is 11.5 Å². The van der Waals surface area contributed by atoms with Crippen molar-refractivity contribution in [2.45, 2.75) is 33.1 Å². The van der Waals surface area contributed by atoms with Gasteiger partial charge < -0.3 is 19.9 Å². The largest absolute Gasteiger partial charge is 0.504 e. The quantitative estimate of drug-likeness (QED) is 0.583. The van der Waals surface area contributed by atoms with E-state index in [0.29, 0.717) is 17.0 Å². The van der Waals surface area contributed by atoms with Crippen LogP contribution in [0, 0.1) is 6.92 Å². The van der Waals surface area contributed by atoms with Crippen LogP contribution < -0.4 is 5.32 Å². The van der Waals surface area contributed by atoms with Gasteiger partial charge in [-0.3, -0.25) is 4.79 Å². The molecule has 0 saturated carbocycles. The molecule has 5 nitrogen and oxygen atoms in total. The Bertz CT molecular complexity index is 680. The molecule has 1 heterocycles. The molecule has 0 aliphatic carbocycles. The summed E-state index contributed by atoms with van der Waals surface area (Å²) in [6, 6.07) is 5.83. The monoisotopic (exact) mass is 289 g/mol. The van der Waals surface area contributed by atoms with Crippen molar-refractivity contribution in [3.05, 3.63) is 41.3 Å². The maximum atomic E-state index is 12.3. The molecule has 0 atom stereocenters. The average Bonchev–Trinajstić information content (AvgIpc) is 2.76. The Balaban J connectivity index is 2.24. The molecular formula is C16H19NO4. The molecule has 112 valence electrons. The number of furan rings is 1. The van der Waals surface area contributed by atoms with Crippen molar-refractivity contribution in [2.24, 2.45) is 0 Å². The highest BCUT2D eigenvalue weighted by Crippen LogP contribution is 2.29. The fourth-order valence-electron chi connectivity index (χ4n) is 1.88. The highest BCUT2D eigenvalue weighted by Gasteiger charge is 2.23. The first-order chi connectivity index (χ1) is 9.68. The van der Waals surface area contributed by atoms with Crippen molar-refractivity contribution >= 4 is 11.6 Å². The third kappa shape index (κ3) is 3.18. The number of carbonyl (C=O) groups is 1. The Morgan fingerprint density at radius 3 is 2.33 bits per heavy atom. The van der Waals surface area contributed by atoms with Crippen LogP contribution in [-0.4, -0.2) is 16.1 Å². The molecule has 0 aliphatic heterocycles. The number of carbonyl (C=O) groups excluding carboxylic acids is 1. The van der Waals surface area contributed by atoms with Crippen LogP contribution in [0.1, 0.15) is 42.6 Å². The van der Waals surface area contributed by atoms with Crippen molar-refractivity contribution in [1.29, 1.82) is 0 Å². The van der Waals surface area contributed by atoms with Gasteiger partial charge in [0.05, 0.1) is 5.56 Å². The van der Waals surface area contributed by atoms with Crippen LogP contribution >= 0.6 is 0 Å². The number of aryl methyl sites for hydroxylation is 1. The number of benzene rings is 1. The van der Waals surface area contributed by atoms with Gasteiger partial charge in [-0.05, 0) is 25.1 Å². The van der Waals surface area contributed by atoms with Gasteiger partial charge in [-0.25, -0.2) is 0 Å². The zero-order valence-electron chi connectivity index (χ0n) is 12.5. The number of aromatic hydroxyl groups is 2. The Morgan fingerprint density at radius 2 is 1.81 bits per heavy atom. The third-order valence-electron chi connectivity index (χ3n) is 3.13. The summed E-state index contributed by atoms with van der Waals surface area (Å²) >= 11 is 0. The Hall–Kier alpha value is -2.43. The van der Waals surface area contributed by atoms with E-state index >= 15 is 0 Å². The van der Waals surface area contributed by atoms with Crippen LogP contribution in [0.15, 0.2) is 28.7 Å². The summed E-state index contributed by atoms with van der Waals surface area (Å²) in [5.74, 6) is 0.436. The number of hydrogen-bond acceptors (Lipinski definition) is 4. The number of anilines is 1. The molecule has 2 aromatic rings. The van der Waals surface area contributed by atoms with Gasteiger partial charge in [-0.2, -0.15) is 0 Å². The number of hydrogen-bond donors (Lipinski definition) is 3. The Morgan fingerprint density at radius 1 is 1.14 bits per heavy atom. The predicted molar refractivity (Wildman–Crippen MR) is 79.9 cm³/mol. The number of phenols is 2. The second kappa shape index (κ2) is 5.16. The molecule has 0 spiro atoms. The first-order valence-corrected chi connectivity index (χ1v) is 6.62. The van der Waals surface area contributed by atoms with Crippen LogP contribution in [-0.2, 0) is 5.41 Å². The first-order valence-electron chi connectivity index (χ1n) is 6.62. The van der Waals surface area contributed by atoms with Gasteiger partial charge in [-0.15, -0.1) is 0 Å². The van der Waals surface area contributed by atoms with E-state index in [1.807, 2.05) is 20.8 Å². The molecule has 2 rings (SSSR count). The zero-order chi connectivity index (χ0) is 15.8. The van der Waals surface area contributed by atoms with Crippen LogP contribution in [0.25, 0.3) is 0 Å². The summed E-state index contributed by atoms with van der Waals surface area (Å²) in [6.07, 6.45) is 0. The van der Waals surface area contributed by atoms with Crippen molar-refractivity contribution in [1.82, 2.24) is 0 Å². The third-order valence-corrected chi connectivity index (χ3v) is 3.13. The molecule has 0 aliphatic rings. The highest BCUT2D eigenvalue weighted by molar-refractivity contribution is 6.05. The van der Waals surface area contributed by atoms with Crippen molar-refractivity contribution in [3.8, 4) is 11.5 Å². The number of nitrogens with one attached hydrogen (secondary N) is 1. The minimum absolute atomic E-state index is 0.180. The van der Waals surface area contributed by atoms with Crippen LogP contribution in [0.2, 0.25) is 0 Å². The van der Waals surface area contributed by atoms with Gasteiger partial charge >= 0.3 is 0 Å². The Labute approximate surface area is 123 Å². The normalized spacial score (nSPS) is 11.4. The van der Waals surface area contributed by atoms with Gasteiger partial charge in [0.15, 0.2) is 11.5 Å². The van der Waals surface area contributed by atoms with Gasteiger partial charge in [0.1, 0.15) is 11.5 Å². The lowest BCUT2D eigenvalue weighted by Crippen LogP contribution is -2.12. The van der Waals surface area contributed by atoms with Crippen molar-refractivity contribution < 1.29 is 19.4 Å². The van der Waals surface area contributed by atoms with E-state index in [-0.39, 0.29) is 22.8 Å². The molecule has 0 fully saturated rings. The molecule has 1 amide bonds. The molecule has 0 unspecified atom stereocenters. The van der Waals surface area contributed by atoms with Gasteiger partial charge in [-0.1, -0.05) is 20.8 Å². The van der Waals surface area contributed by atoms with E-state index in [9.17, 15) is 15.0 Å². The maximum Gasteiger partial charge on any atom is 0.259 e. The van der Waals surface area contributed by atoms with Gasteiger partial charge in [0, 0.05) is 17.2 Å². The molecule has 0 radical (unpaired) electrons. The first kappa shape index (κ1) is 15.0. The second-order valence-electron chi connectivity index (χ2n) is 5.99. The van der Waals surface area contributed by atoms with E-state index in [1.54, 1.807) is 13.0 Å². The van der Waals surface area contributed by atoms with Crippen molar-refractivity contribution in [2.75, 3.05) is 5.32 Å². The van der Waals surface area contributed by atoms with Crippen LogP contribution in [0.3, 0.4) is 0 Å². The molecular weight excluding hydrogens is 270 g/mol. The maximum absolute atomic E-state index is 12.3. The summed E-state index contributed by atoms with van der Waals surface area (Å²) in [6.45, 7) is 7.75. The van der Waals surface area contributed by atoms with Crippen molar-refractivity contribution in [3.63, 3.8) is 0 Å². The smallest absolute Gasteiger partial charge is 0.259 e. The standard InChI is InChI=1S/C16H19NO4/c1-9-11(8-14(21-9)16(2,3)4)15(20)17-10-5-6-12(18)13(19)7-10/h5-8,18-19H,1-4H3,(H,17,20). The zero-order valence-corrected chi connectivity index (χ0v) is 12.5.